The first-order valence-corrected chi connectivity index (χ1v) is 11.3. The number of hydrogen-bond donors (Lipinski definition) is 0. The van der Waals surface area contributed by atoms with E-state index in [0.29, 0.717) is 18.3 Å². The Morgan fingerprint density at radius 1 is 0.966 bits per heavy atom. The highest BCUT2D eigenvalue weighted by Crippen LogP contribution is 2.35. The van der Waals surface area contributed by atoms with Crippen LogP contribution in [0.25, 0.3) is 0 Å². The van der Waals surface area contributed by atoms with Crippen LogP contribution in [0.15, 0.2) is 53.4 Å². The molecular formula is C22H25NO5S. The number of nitrogens with zero attached hydrogens (tertiary/aromatic N) is 1. The summed E-state index contributed by atoms with van der Waals surface area (Å²) in [5.74, 6) is 1.27. The molecule has 2 aliphatic carbocycles. The molecule has 0 unspecified atom stereocenters. The van der Waals surface area contributed by atoms with Crippen molar-refractivity contribution in [2.45, 2.75) is 49.6 Å². The molecule has 0 saturated heterocycles. The third kappa shape index (κ3) is 4.56. The molecule has 0 spiro atoms. The van der Waals surface area contributed by atoms with Crippen LogP contribution in [-0.4, -0.2) is 32.4 Å². The number of ether oxygens (including phenoxy) is 1. The van der Waals surface area contributed by atoms with Gasteiger partial charge in [-0.15, -0.1) is 0 Å². The third-order valence-corrected chi connectivity index (χ3v) is 6.82. The summed E-state index contributed by atoms with van der Waals surface area (Å²) in [4.78, 5) is 14.7. The van der Waals surface area contributed by atoms with Crippen molar-refractivity contribution in [1.29, 1.82) is 0 Å². The predicted octanol–water partition coefficient (Wildman–Crippen LogP) is 3.75. The summed E-state index contributed by atoms with van der Waals surface area (Å²) in [7, 11) is -2.40. The van der Waals surface area contributed by atoms with E-state index in [9.17, 15) is 13.2 Å². The zero-order chi connectivity index (χ0) is 20.4. The molecule has 29 heavy (non-hydrogen) atoms. The number of carbonyl (C=O) groups is 1. The molecule has 0 N–H and O–H groups in total. The Bertz CT molecular complexity index is 961. The van der Waals surface area contributed by atoms with Crippen molar-refractivity contribution < 1.29 is 22.1 Å². The molecule has 0 heterocycles. The molecule has 4 rings (SSSR count). The smallest absolute Gasteiger partial charge is 0.339 e. The summed E-state index contributed by atoms with van der Waals surface area (Å²) in [5.41, 5.74) is 0.971. The average molecular weight is 416 g/mol. The van der Waals surface area contributed by atoms with Crippen molar-refractivity contribution in [3.63, 3.8) is 0 Å². The minimum atomic E-state index is -3.92. The molecule has 1 amide bonds. The van der Waals surface area contributed by atoms with Gasteiger partial charge in [-0.1, -0.05) is 18.6 Å². The third-order valence-electron chi connectivity index (χ3n) is 5.56. The maximum Gasteiger partial charge on any atom is 0.339 e. The number of carbonyl (C=O) groups excluding carboxylic acids is 1. The van der Waals surface area contributed by atoms with Gasteiger partial charge < -0.3 is 13.8 Å². The second-order valence-electron chi connectivity index (χ2n) is 7.68. The molecular weight excluding hydrogens is 390 g/mol. The molecule has 2 fully saturated rings. The lowest BCUT2D eigenvalue weighted by Crippen LogP contribution is -2.39. The lowest BCUT2D eigenvalue weighted by Gasteiger charge is -2.32. The monoisotopic (exact) mass is 415 g/mol. The molecule has 2 saturated carbocycles. The van der Waals surface area contributed by atoms with Crippen molar-refractivity contribution in [1.82, 2.24) is 4.90 Å². The molecule has 2 aromatic rings. The number of benzene rings is 2. The standard InChI is InChI=1S/C22H25NO5S/c1-27-19-11-13-21(14-12-19)29(25,26)28-20-9-5-16(6-10-20)15-23(18-7-8-18)22(24)17-3-2-4-17/h5-6,9-14,17-18H,2-4,7-8,15H2,1H3. The Hall–Kier alpha value is -2.54. The fraction of sp³-hybridized carbons (Fsp3) is 0.409. The number of rotatable bonds is 8. The van der Waals surface area contributed by atoms with Gasteiger partial charge in [0.15, 0.2) is 0 Å². The fourth-order valence-corrected chi connectivity index (χ4v) is 4.36. The van der Waals surface area contributed by atoms with E-state index in [1.165, 1.54) is 19.2 Å². The van der Waals surface area contributed by atoms with E-state index in [0.717, 1.165) is 37.7 Å². The van der Waals surface area contributed by atoms with Crippen molar-refractivity contribution in [3.05, 3.63) is 54.1 Å². The van der Waals surface area contributed by atoms with E-state index < -0.39 is 10.1 Å². The highest BCUT2D eigenvalue weighted by atomic mass is 32.2. The van der Waals surface area contributed by atoms with Gasteiger partial charge in [-0.25, -0.2) is 0 Å². The van der Waals surface area contributed by atoms with E-state index in [1.807, 2.05) is 17.0 Å². The normalized spacial score (nSPS) is 16.7. The Morgan fingerprint density at radius 3 is 2.10 bits per heavy atom. The Labute approximate surface area is 171 Å². The molecule has 2 aliphatic rings. The topological polar surface area (TPSA) is 72.9 Å². The van der Waals surface area contributed by atoms with Gasteiger partial charge in [-0.3, -0.25) is 4.79 Å². The van der Waals surface area contributed by atoms with Crippen LogP contribution in [0.5, 0.6) is 11.5 Å². The minimum absolute atomic E-state index is 0.0633. The van der Waals surface area contributed by atoms with Gasteiger partial charge in [0.1, 0.15) is 16.4 Å². The number of hydrogen-bond acceptors (Lipinski definition) is 5. The lowest BCUT2D eigenvalue weighted by molar-refractivity contribution is -0.139. The van der Waals surface area contributed by atoms with Gasteiger partial charge >= 0.3 is 10.1 Å². The molecule has 0 aliphatic heterocycles. The van der Waals surface area contributed by atoms with Gasteiger partial charge in [0.2, 0.25) is 5.91 Å². The van der Waals surface area contributed by atoms with Crippen LogP contribution < -0.4 is 8.92 Å². The summed E-state index contributed by atoms with van der Waals surface area (Å²) < 4.78 is 35.2. The SMILES string of the molecule is COc1ccc(S(=O)(=O)Oc2ccc(CN(C(=O)C3CCC3)C3CC3)cc2)cc1. The summed E-state index contributed by atoms with van der Waals surface area (Å²) in [6.45, 7) is 0.561. The zero-order valence-electron chi connectivity index (χ0n) is 16.4. The average Bonchev–Trinajstić information content (AvgIpc) is 3.51. The van der Waals surface area contributed by atoms with Crippen LogP contribution in [0.2, 0.25) is 0 Å². The van der Waals surface area contributed by atoms with Crippen molar-refractivity contribution in [3.8, 4) is 11.5 Å². The maximum atomic E-state index is 12.7. The van der Waals surface area contributed by atoms with Gasteiger partial charge in [0, 0.05) is 18.5 Å². The van der Waals surface area contributed by atoms with Gasteiger partial charge in [-0.2, -0.15) is 8.42 Å². The van der Waals surface area contributed by atoms with Crippen molar-refractivity contribution >= 4 is 16.0 Å². The Morgan fingerprint density at radius 2 is 1.59 bits per heavy atom. The van der Waals surface area contributed by atoms with Crippen molar-refractivity contribution in [2.24, 2.45) is 5.92 Å². The van der Waals surface area contributed by atoms with E-state index in [2.05, 4.69) is 0 Å². The second kappa shape index (κ2) is 8.06. The van der Waals surface area contributed by atoms with Crippen molar-refractivity contribution in [2.75, 3.05) is 7.11 Å². The number of amides is 1. The highest BCUT2D eigenvalue weighted by molar-refractivity contribution is 7.87. The van der Waals surface area contributed by atoms with E-state index in [-0.39, 0.29) is 22.5 Å². The Kier molecular flexibility index (Phi) is 5.50. The number of methoxy groups -OCH3 is 1. The largest absolute Gasteiger partial charge is 0.497 e. The maximum absolute atomic E-state index is 12.7. The van der Waals surface area contributed by atoms with Gasteiger partial charge in [-0.05, 0) is 67.6 Å². The van der Waals surface area contributed by atoms with Gasteiger partial charge in [0.25, 0.3) is 0 Å². The van der Waals surface area contributed by atoms with Crippen LogP contribution >= 0.6 is 0 Å². The quantitative estimate of drug-likeness (QED) is 0.614. The van der Waals surface area contributed by atoms with E-state index in [4.69, 9.17) is 8.92 Å². The summed E-state index contributed by atoms with van der Waals surface area (Å²) in [6, 6.07) is 13.3. The molecule has 0 atom stereocenters. The molecule has 6 nitrogen and oxygen atoms in total. The minimum Gasteiger partial charge on any atom is -0.497 e. The van der Waals surface area contributed by atoms with Crippen LogP contribution in [0.3, 0.4) is 0 Å². The fourth-order valence-electron chi connectivity index (χ4n) is 3.43. The van der Waals surface area contributed by atoms with E-state index in [1.54, 1.807) is 24.3 Å². The second-order valence-corrected chi connectivity index (χ2v) is 9.23. The van der Waals surface area contributed by atoms with Crippen LogP contribution in [0, 0.1) is 5.92 Å². The first-order chi connectivity index (χ1) is 14.0. The van der Waals surface area contributed by atoms with Crippen LogP contribution in [0.4, 0.5) is 0 Å². The first-order valence-electron chi connectivity index (χ1n) is 9.94. The summed E-state index contributed by atoms with van der Waals surface area (Å²) in [6.07, 6.45) is 5.28. The zero-order valence-corrected chi connectivity index (χ0v) is 17.2. The van der Waals surface area contributed by atoms with Crippen LogP contribution in [0.1, 0.15) is 37.7 Å². The predicted molar refractivity (Wildman–Crippen MR) is 108 cm³/mol. The van der Waals surface area contributed by atoms with Crippen LogP contribution in [-0.2, 0) is 21.5 Å². The van der Waals surface area contributed by atoms with Gasteiger partial charge in [0.05, 0.1) is 7.11 Å². The molecule has 154 valence electrons. The summed E-state index contributed by atoms with van der Waals surface area (Å²) in [5, 5.41) is 0. The highest BCUT2D eigenvalue weighted by Gasteiger charge is 2.37. The molecule has 0 radical (unpaired) electrons. The molecule has 0 bridgehead atoms. The Balaban J connectivity index is 1.42. The van der Waals surface area contributed by atoms with E-state index >= 15 is 0 Å². The summed E-state index contributed by atoms with van der Waals surface area (Å²) >= 11 is 0. The first kappa shape index (κ1) is 19.8. The molecule has 7 heteroatoms. The molecule has 0 aromatic heterocycles. The lowest BCUT2D eigenvalue weighted by atomic mass is 9.84. The molecule has 2 aromatic carbocycles.